The quantitative estimate of drug-likeness (QED) is 0.606. The SMILES string of the molecule is CCONC(CN)(C1CC1)C1CC1. The maximum absolute atomic E-state index is 5.89. The number of hydrogen-bond donors (Lipinski definition) is 2. The van der Waals surface area contributed by atoms with Gasteiger partial charge in [-0.3, -0.25) is 0 Å². The lowest BCUT2D eigenvalue weighted by Crippen LogP contribution is -2.55. The van der Waals surface area contributed by atoms with Crippen LogP contribution < -0.4 is 11.2 Å². The smallest absolute Gasteiger partial charge is 0.0654 e. The fourth-order valence-electron chi connectivity index (χ4n) is 2.28. The van der Waals surface area contributed by atoms with E-state index >= 15 is 0 Å². The summed E-state index contributed by atoms with van der Waals surface area (Å²) in [6.07, 6.45) is 5.31. The number of hydrogen-bond acceptors (Lipinski definition) is 3. The molecule has 3 N–H and O–H groups in total. The molecule has 0 atom stereocenters. The molecule has 2 rings (SSSR count). The largest absolute Gasteiger partial charge is 0.329 e. The van der Waals surface area contributed by atoms with Gasteiger partial charge in [0, 0.05) is 6.54 Å². The molecule has 2 aliphatic carbocycles. The van der Waals surface area contributed by atoms with E-state index in [0.717, 1.165) is 25.0 Å². The number of nitrogens with two attached hydrogens (primary N) is 1. The van der Waals surface area contributed by atoms with Gasteiger partial charge in [-0.15, -0.1) is 0 Å². The first kappa shape index (κ1) is 9.44. The van der Waals surface area contributed by atoms with Gasteiger partial charge in [-0.05, 0) is 44.4 Å². The van der Waals surface area contributed by atoms with Crippen molar-refractivity contribution in [3.05, 3.63) is 0 Å². The third-order valence-electron chi connectivity index (χ3n) is 3.36. The molecule has 0 spiro atoms. The summed E-state index contributed by atoms with van der Waals surface area (Å²) < 4.78 is 0. The second-order valence-corrected chi connectivity index (χ2v) is 4.33. The number of rotatable bonds is 6. The number of hydroxylamine groups is 1. The maximum atomic E-state index is 5.89. The van der Waals surface area contributed by atoms with E-state index in [1.165, 1.54) is 25.7 Å². The molecule has 0 radical (unpaired) electrons. The Morgan fingerprint density at radius 3 is 2.15 bits per heavy atom. The van der Waals surface area contributed by atoms with Gasteiger partial charge in [-0.25, -0.2) is 0 Å². The van der Waals surface area contributed by atoms with E-state index in [-0.39, 0.29) is 5.54 Å². The van der Waals surface area contributed by atoms with Crippen LogP contribution in [-0.4, -0.2) is 18.7 Å². The Labute approximate surface area is 80.0 Å². The molecule has 2 saturated carbocycles. The molecule has 0 aromatic carbocycles. The van der Waals surface area contributed by atoms with E-state index in [2.05, 4.69) is 5.48 Å². The van der Waals surface area contributed by atoms with Crippen LogP contribution in [-0.2, 0) is 4.84 Å². The fraction of sp³-hybridized carbons (Fsp3) is 1.00. The van der Waals surface area contributed by atoms with Crippen molar-refractivity contribution in [3.63, 3.8) is 0 Å². The zero-order valence-electron chi connectivity index (χ0n) is 8.38. The predicted molar refractivity (Wildman–Crippen MR) is 52.0 cm³/mol. The Morgan fingerprint density at radius 1 is 1.31 bits per heavy atom. The molecule has 13 heavy (non-hydrogen) atoms. The molecule has 2 fully saturated rings. The van der Waals surface area contributed by atoms with Crippen LogP contribution in [0.4, 0.5) is 0 Å². The Kier molecular flexibility index (Phi) is 2.58. The summed E-state index contributed by atoms with van der Waals surface area (Å²) in [4.78, 5) is 5.36. The van der Waals surface area contributed by atoms with Gasteiger partial charge in [-0.1, -0.05) is 0 Å². The molecule has 0 saturated heterocycles. The minimum absolute atomic E-state index is 0.121. The zero-order chi connectivity index (χ0) is 9.31. The average molecular weight is 184 g/mol. The van der Waals surface area contributed by atoms with Gasteiger partial charge in [0.15, 0.2) is 0 Å². The molecule has 2 aliphatic rings. The summed E-state index contributed by atoms with van der Waals surface area (Å²) in [5, 5.41) is 0. The molecular weight excluding hydrogens is 164 g/mol. The van der Waals surface area contributed by atoms with Crippen LogP contribution >= 0.6 is 0 Å². The number of nitrogens with one attached hydrogen (secondary N) is 1. The lowest BCUT2D eigenvalue weighted by Gasteiger charge is -2.33. The van der Waals surface area contributed by atoms with Crippen molar-refractivity contribution in [2.45, 2.75) is 38.1 Å². The van der Waals surface area contributed by atoms with Crippen molar-refractivity contribution in [1.82, 2.24) is 5.48 Å². The normalized spacial score (nSPS) is 23.5. The van der Waals surface area contributed by atoms with Crippen LogP contribution in [0.3, 0.4) is 0 Å². The van der Waals surface area contributed by atoms with Gasteiger partial charge < -0.3 is 10.6 Å². The van der Waals surface area contributed by atoms with Crippen LogP contribution in [0.15, 0.2) is 0 Å². The van der Waals surface area contributed by atoms with Crippen molar-refractivity contribution in [2.24, 2.45) is 17.6 Å². The minimum atomic E-state index is 0.121. The third-order valence-corrected chi connectivity index (χ3v) is 3.36. The molecule has 3 nitrogen and oxygen atoms in total. The Balaban J connectivity index is 1.97. The minimum Gasteiger partial charge on any atom is -0.329 e. The molecule has 3 heteroatoms. The highest BCUT2D eigenvalue weighted by Crippen LogP contribution is 2.51. The van der Waals surface area contributed by atoms with Gasteiger partial charge >= 0.3 is 0 Å². The highest BCUT2D eigenvalue weighted by Gasteiger charge is 2.53. The van der Waals surface area contributed by atoms with E-state index in [0.29, 0.717) is 0 Å². The molecule has 0 aliphatic heterocycles. The van der Waals surface area contributed by atoms with Crippen molar-refractivity contribution in [1.29, 1.82) is 0 Å². The lowest BCUT2D eigenvalue weighted by atomic mass is 9.88. The van der Waals surface area contributed by atoms with E-state index in [1.54, 1.807) is 0 Å². The highest BCUT2D eigenvalue weighted by atomic mass is 16.6. The molecule has 76 valence electrons. The maximum Gasteiger partial charge on any atom is 0.0654 e. The van der Waals surface area contributed by atoms with E-state index in [4.69, 9.17) is 10.6 Å². The third kappa shape index (κ3) is 1.73. The first-order valence-electron chi connectivity index (χ1n) is 5.42. The predicted octanol–water partition coefficient (Wildman–Crippen LogP) is 1.04. The Hall–Kier alpha value is -0.120. The monoisotopic (exact) mass is 184 g/mol. The van der Waals surface area contributed by atoms with Gasteiger partial charge in [0.05, 0.1) is 12.1 Å². The van der Waals surface area contributed by atoms with Gasteiger partial charge in [0.25, 0.3) is 0 Å². The van der Waals surface area contributed by atoms with E-state index in [9.17, 15) is 0 Å². The summed E-state index contributed by atoms with van der Waals surface area (Å²) in [5.74, 6) is 1.55. The Bertz CT molecular complexity index is 164. The van der Waals surface area contributed by atoms with E-state index < -0.39 is 0 Å². The fourth-order valence-corrected chi connectivity index (χ4v) is 2.28. The zero-order valence-corrected chi connectivity index (χ0v) is 8.38. The average Bonchev–Trinajstić information content (AvgIpc) is 2.99. The van der Waals surface area contributed by atoms with Crippen LogP contribution in [0.5, 0.6) is 0 Å². The van der Waals surface area contributed by atoms with Gasteiger partial charge in [-0.2, -0.15) is 5.48 Å². The molecule has 0 aromatic rings. The van der Waals surface area contributed by atoms with Crippen LogP contribution in [0.1, 0.15) is 32.6 Å². The lowest BCUT2D eigenvalue weighted by molar-refractivity contribution is -0.0322. The summed E-state index contributed by atoms with van der Waals surface area (Å²) in [5.41, 5.74) is 9.24. The highest BCUT2D eigenvalue weighted by molar-refractivity contribution is 5.08. The van der Waals surface area contributed by atoms with Gasteiger partial charge in [0.1, 0.15) is 0 Å². The summed E-state index contributed by atoms with van der Waals surface area (Å²) in [6.45, 7) is 3.46. The molecule has 0 bridgehead atoms. The van der Waals surface area contributed by atoms with Gasteiger partial charge in [0.2, 0.25) is 0 Å². The first-order chi connectivity index (χ1) is 6.33. The molecule has 0 heterocycles. The second-order valence-electron chi connectivity index (χ2n) is 4.33. The Morgan fingerprint density at radius 2 is 1.85 bits per heavy atom. The second kappa shape index (κ2) is 3.56. The van der Waals surface area contributed by atoms with Crippen molar-refractivity contribution < 1.29 is 4.84 Å². The standard InChI is InChI=1S/C10H20N2O/c1-2-13-12-10(7-11,8-3-4-8)9-5-6-9/h8-9,12H,2-7,11H2,1H3. The van der Waals surface area contributed by atoms with Crippen molar-refractivity contribution in [2.75, 3.05) is 13.2 Å². The molecule has 0 amide bonds. The molecular formula is C10H20N2O. The van der Waals surface area contributed by atoms with Crippen molar-refractivity contribution >= 4 is 0 Å². The first-order valence-corrected chi connectivity index (χ1v) is 5.42. The van der Waals surface area contributed by atoms with Crippen LogP contribution in [0.2, 0.25) is 0 Å². The summed E-state index contributed by atoms with van der Waals surface area (Å²) in [6, 6.07) is 0. The topological polar surface area (TPSA) is 47.3 Å². The molecule has 0 aromatic heterocycles. The van der Waals surface area contributed by atoms with Crippen LogP contribution in [0, 0.1) is 11.8 Å². The molecule has 0 unspecified atom stereocenters. The van der Waals surface area contributed by atoms with E-state index in [1.807, 2.05) is 6.92 Å². The van der Waals surface area contributed by atoms with Crippen molar-refractivity contribution in [3.8, 4) is 0 Å². The summed E-state index contributed by atoms with van der Waals surface area (Å²) in [7, 11) is 0. The van der Waals surface area contributed by atoms with Crippen LogP contribution in [0.25, 0.3) is 0 Å². The summed E-state index contributed by atoms with van der Waals surface area (Å²) >= 11 is 0.